The highest BCUT2D eigenvalue weighted by molar-refractivity contribution is 6.32. The van der Waals surface area contributed by atoms with Gasteiger partial charge >= 0.3 is 0 Å². The molecule has 0 atom stereocenters. The molecular formula is C24H22ClN5O2. The van der Waals surface area contributed by atoms with E-state index in [0.717, 1.165) is 37.4 Å². The molecule has 2 heterocycles. The molecule has 1 fully saturated rings. The van der Waals surface area contributed by atoms with E-state index in [4.69, 9.17) is 21.6 Å². The summed E-state index contributed by atoms with van der Waals surface area (Å²) in [4.78, 5) is 23.3. The monoisotopic (exact) mass is 447 g/mol. The molecular weight excluding hydrogens is 426 g/mol. The van der Waals surface area contributed by atoms with Crippen LogP contribution in [0.2, 0.25) is 5.02 Å². The maximum absolute atomic E-state index is 12.0. The van der Waals surface area contributed by atoms with Crippen molar-refractivity contribution in [1.29, 1.82) is 5.26 Å². The number of nitrogens with one attached hydrogen (secondary N) is 1. The largest absolute Gasteiger partial charge is 0.378 e. The Morgan fingerprint density at radius 3 is 2.53 bits per heavy atom. The fourth-order valence-electron chi connectivity index (χ4n) is 3.52. The zero-order valence-corrected chi connectivity index (χ0v) is 18.2. The van der Waals surface area contributed by atoms with Crippen molar-refractivity contribution in [2.45, 2.75) is 6.42 Å². The van der Waals surface area contributed by atoms with E-state index in [1.54, 1.807) is 30.5 Å². The molecule has 1 saturated heterocycles. The summed E-state index contributed by atoms with van der Waals surface area (Å²) in [6.45, 7) is 3.29. The minimum Gasteiger partial charge on any atom is -0.378 e. The molecule has 162 valence electrons. The molecule has 0 saturated carbocycles. The second kappa shape index (κ2) is 10.2. The van der Waals surface area contributed by atoms with Gasteiger partial charge in [0.1, 0.15) is 12.4 Å². The van der Waals surface area contributed by atoms with Gasteiger partial charge in [-0.15, -0.1) is 0 Å². The summed E-state index contributed by atoms with van der Waals surface area (Å²) in [5, 5.41) is 11.6. The summed E-state index contributed by atoms with van der Waals surface area (Å²) >= 11 is 6.36. The van der Waals surface area contributed by atoms with Gasteiger partial charge in [-0.2, -0.15) is 5.26 Å². The molecule has 32 heavy (non-hydrogen) atoms. The van der Waals surface area contributed by atoms with Gasteiger partial charge in [0.25, 0.3) is 5.91 Å². The van der Waals surface area contributed by atoms with Crippen molar-refractivity contribution in [3.8, 4) is 17.3 Å². The summed E-state index contributed by atoms with van der Waals surface area (Å²) in [5.41, 5.74) is 4.17. The average Bonchev–Trinajstić information content (AvgIpc) is 2.85. The Morgan fingerprint density at radius 2 is 1.84 bits per heavy atom. The van der Waals surface area contributed by atoms with Crippen LogP contribution in [0, 0.1) is 11.3 Å². The first kappa shape index (κ1) is 21.8. The zero-order valence-electron chi connectivity index (χ0n) is 17.4. The molecule has 7 nitrogen and oxygen atoms in total. The van der Waals surface area contributed by atoms with Crippen LogP contribution in [0.25, 0.3) is 11.3 Å². The highest BCUT2D eigenvalue weighted by Gasteiger charge is 2.13. The van der Waals surface area contributed by atoms with Gasteiger partial charge in [-0.05, 0) is 29.8 Å². The number of hydrogen-bond acceptors (Lipinski definition) is 6. The van der Waals surface area contributed by atoms with Crippen LogP contribution in [0.4, 0.5) is 5.69 Å². The van der Waals surface area contributed by atoms with Crippen LogP contribution in [0.5, 0.6) is 0 Å². The smallest absolute Gasteiger partial charge is 0.252 e. The normalized spacial score (nSPS) is 13.4. The molecule has 1 aliphatic rings. The number of amides is 1. The molecule has 0 spiro atoms. The molecule has 1 N–H and O–H groups in total. The number of ether oxygens (including phenoxy) is 1. The molecule has 0 aliphatic carbocycles. The highest BCUT2D eigenvalue weighted by Crippen LogP contribution is 2.26. The van der Waals surface area contributed by atoms with Crippen molar-refractivity contribution in [1.82, 2.24) is 15.3 Å². The predicted octanol–water partition coefficient (Wildman–Crippen LogP) is 3.48. The first-order valence-electron chi connectivity index (χ1n) is 10.3. The summed E-state index contributed by atoms with van der Waals surface area (Å²) in [6, 6.07) is 17.3. The van der Waals surface area contributed by atoms with Gasteiger partial charge in [0.05, 0.1) is 30.0 Å². The molecule has 2 aromatic carbocycles. The molecule has 3 aromatic rings. The number of hydrogen-bond donors (Lipinski definition) is 1. The summed E-state index contributed by atoms with van der Waals surface area (Å²) in [7, 11) is 0. The molecule has 1 amide bonds. The third-order valence-electron chi connectivity index (χ3n) is 5.22. The average molecular weight is 448 g/mol. The van der Waals surface area contributed by atoms with Gasteiger partial charge in [0.15, 0.2) is 0 Å². The van der Waals surface area contributed by atoms with E-state index in [2.05, 4.69) is 44.5 Å². The fourth-order valence-corrected chi connectivity index (χ4v) is 3.72. The number of anilines is 1. The second-order valence-electron chi connectivity index (χ2n) is 7.34. The van der Waals surface area contributed by atoms with Crippen molar-refractivity contribution in [2.75, 3.05) is 37.7 Å². The third kappa shape index (κ3) is 5.22. The van der Waals surface area contributed by atoms with Crippen molar-refractivity contribution < 1.29 is 9.53 Å². The summed E-state index contributed by atoms with van der Waals surface area (Å²) < 4.78 is 5.41. The molecule has 1 aliphatic heterocycles. The first-order valence-corrected chi connectivity index (χ1v) is 10.7. The van der Waals surface area contributed by atoms with E-state index >= 15 is 0 Å². The van der Waals surface area contributed by atoms with Crippen LogP contribution in [0.15, 0.2) is 54.7 Å². The first-order chi connectivity index (χ1) is 15.6. The van der Waals surface area contributed by atoms with Crippen LogP contribution in [0.3, 0.4) is 0 Å². The number of benzene rings is 2. The van der Waals surface area contributed by atoms with Crippen molar-refractivity contribution in [3.05, 3.63) is 76.7 Å². The third-order valence-corrected chi connectivity index (χ3v) is 5.49. The predicted molar refractivity (Wildman–Crippen MR) is 123 cm³/mol. The Morgan fingerprint density at radius 1 is 1.12 bits per heavy atom. The van der Waals surface area contributed by atoms with E-state index in [9.17, 15) is 4.79 Å². The lowest BCUT2D eigenvalue weighted by molar-refractivity contribution is 0.0958. The number of aromatic nitrogens is 2. The van der Waals surface area contributed by atoms with Gasteiger partial charge in [-0.3, -0.25) is 4.79 Å². The number of rotatable bonds is 6. The van der Waals surface area contributed by atoms with E-state index in [1.807, 2.05) is 6.07 Å². The van der Waals surface area contributed by atoms with Gasteiger partial charge in [0, 0.05) is 42.5 Å². The maximum atomic E-state index is 12.0. The van der Waals surface area contributed by atoms with Crippen LogP contribution >= 0.6 is 11.6 Å². The molecule has 8 heteroatoms. The van der Waals surface area contributed by atoms with E-state index in [0.29, 0.717) is 28.5 Å². The van der Waals surface area contributed by atoms with Gasteiger partial charge in [0.2, 0.25) is 0 Å². The van der Waals surface area contributed by atoms with E-state index in [-0.39, 0.29) is 12.5 Å². The molecule has 0 unspecified atom stereocenters. The minimum absolute atomic E-state index is 0.0326. The Balaban J connectivity index is 1.48. The van der Waals surface area contributed by atoms with Crippen LogP contribution in [-0.4, -0.2) is 48.7 Å². The number of morpholine rings is 1. The molecule has 0 bridgehead atoms. The van der Waals surface area contributed by atoms with E-state index in [1.165, 1.54) is 5.69 Å². The Kier molecular flexibility index (Phi) is 6.95. The van der Waals surface area contributed by atoms with E-state index < -0.39 is 0 Å². The number of carbonyl (C=O) groups excluding carboxylic acids is 1. The van der Waals surface area contributed by atoms with Crippen molar-refractivity contribution in [2.24, 2.45) is 0 Å². The summed E-state index contributed by atoms with van der Waals surface area (Å²) in [6.07, 6.45) is 2.19. The zero-order chi connectivity index (χ0) is 22.3. The fraction of sp³-hybridized carbons (Fsp3) is 0.250. The Labute approximate surface area is 191 Å². The quantitative estimate of drug-likeness (QED) is 0.582. The lowest BCUT2D eigenvalue weighted by Crippen LogP contribution is -2.36. The van der Waals surface area contributed by atoms with Crippen LogP contribution < -0.4 is 10.2 Å². The Bertz CT molecular complexity index is 1120. The highest BCUT2D eigenvalue weighted by atomic mass is 35.5. The number of nitrogens with zero attached hydrogens (tertiary/aromatic N) is 4. The van der Waals surface area contributed by atoms with Crippen molar-refractivity contribution in [3.63, 3.8) is 0 Å². The Hall–Kier alpha value is -3.47. The summed E-state index contributed by atoms with van der Waals surface area (Å²) in [5.74, 6) is 0.368. The minimum atomic E-state index is -0.298. The standard InChI is InChI=1S/C24H22ClN5O2/c25-21-16-28-22(15-17-1-7-20(8-2-17)30-11-13-32-14-12-30)29-23(21)18-3-5-19(6-4-18)24(31)27-10-9-26/h1-8,16H,10-15H2,(H,27,31). The molecule has 4 rings (SSSR count). The second-order valence-corrected chi connectivity index (χ2v) is 7.75. The number of carbonyl (C=O) groups is 1. The topological polar surface area (TPSA) is 91.1 Å². The van der Waals surface area contributed by atoms with Gasteiger partial charge < -0.3 is 15.0 Å². The molecule has 1 aromatic heterocycles. The SMILES string of the molecule is N#CCNC(=O)c1ccc(-c2nc(Cc3ccc(N4CCOCC4)cc3)ncc2Cl)cc1. The van der Waals surface area contributed by atoms with Gasteiger partial charge in [-0.25, -0.2) is 9.97 Å². The van der Waals surface area contributed by atoms with Crippen LogP contribution in [0.1, 0.15) is 21.7 Å². The number of nitriles is 1. The van der Waals surface area contributed by atoms with Gasteiger partial charge in [-0.1, -0.05) is 35.9 Å². The molecule has 0 radical (unpaired) electrons. The number of halogens is 1. The van der Waals surface area contributed by atoms with Crippen molar-refractivity contribution >= 4 is 23.2 Å². The lowest BCUT2D eigenvalue weighted by Gasteiger charge is -2.28. The lowest BCUT2D eigenvalue weighted by atomic mass is 10.1. The van der Waals surface area contributed by atoms with Crippen LogP contribution in [-0.2, 0) is 11.2 Å². The maximum Gasteiger partial charge on any atom is 0.252 e.